The van der Waals surface area contributed by atoms with E-state index in [0.29, 0.717) is 24.1 Å². The standard InChI is InChI=1S/C15H22N2O2/c1-10-8-13-9-12(15(19)16-6-7-18)4-5-14(13)17(3)11(10)2/h4-5,9-11,18H,6-8H2,1-3H3,(H,16,19)/t10?,11-/m0/s1. The molecule has 0 radical (unpaired) electrons. The summed E-state index contributed by atoms with van der Waals surface area (Å²) in [7, 11) is 2.10. The highest BCUT2D eigenvalue weighted by Crippen LogP contribution is 2.33. The first-order valence-corrected chi connectivity index (χ1v) is 6.79. The van der Waals surface area contributed by atoms with Gasteiger partial charge in [-0.3, -0.25) is 4.79 Å². The van der Waals surface area contributed by atoms with Crippen molar-refractivity contribution in [1.82, 2.24) is 5.32 Å². The molecule has 4 heteroatoms. The van der Waals surface area contributed by atoms with Crippen molar-refractivity contribution in [3.63, 3.8) is 0 Å². The third kappa shape index (κ3) is 2.73. The monoisotopic (exact) mass is 262 g/mol. The molecule has 1 aliphatic heterocycles. The Morgan fingerprint density at radius 1 is 1.47 bits per heavy atom. The minimum atomic E-state index is -0.120. The maximum atomic E-state index is 11.9. The number of aliphatic hydroxyl groups excluding tert-OH is 1. The average Bonchev–Trinajstić information content (AvgIpc) is 2.41. The summed E-state index contributed by atoms with van der Waals surface area (Å²) in [6, 6.07) is 6.36. The highest BCUT2D eigenvalue weighted by Gasteiger charge is 2.26. The molecule has 0 fully saturated rings. The number of hydrogen-bond donors (Lipinski definition) is 2. The Kier molecular flexibility index (Phi) is 4.10. The van der Waals surface area contributed by atoms with E-state index >= 15 is 0 Å². The molecule has 1 aromatic carbocycles. The van der Waals surface area contributed by atoms with Crippen LogP contribution >= 0.6 is 0 Å². The van der Waals surface area contributed by atoms with Gasteiger partial charge in [0.05, 0.1) is 6.61 Å². The number of carbonyl (C=O) groups is 1. The van der Waals surface area contributed by atoms with Gasteiger partial charge in [-0.25, -0.2) is 0 Å². The molecule has 1 amide bonds. The number of amides is 1. The molecule has 0 saturated heterocycles. The zero-order valence-corrected chi connectivity index (χ0v) is 11.8. The van der Waals surface area contributed by atoms with Crippen LogP contribution in [0.5, 0.6) is 0 Å². The van der Waals surface area contributed by atoms with E-state index in [2.05, 4.69) is 31.1 Å². The van der Waals surface area contributed by atoms with E-state index in [1.165, 1.54) is 11.3 Å². The summed E-state index contributed by atoms with van der Waals surface area (Å²) in [4.78, 5) is 14.2. The maximum absolute atomic E-state index is 11.9. The first kappa shape index (κ1) is 13.9. The average molecular weight is 262 g/mol. The number of fused-ring (bicyclic) bond motifs is 1. The van der Waals surface area contributed by atoms with Crippen molar-refractivity contribution in [2.45, 2.75) is 26.3 Å². The Balaban J connectivity index is 2.24. The minimum absolute atomic E-state index is 0.0338. The number of benzene rings is 1. The normalized spacial score (nSPS) is 22.0. The zero-order valence-electron chi connectivity index (χ0n) is 11.8. The molecule has 2 rings (SSSR count). The van der Waals surface area contributed by atoms with Crippen molar-refractivity contribution >= 4 is 11.6 Å². The molecule has 2 atom stereocenters. The lowest BCUT2D eigenvalue weighted by Gasteiger charge is -2.38. The van der Waals surface area contributed by atoms with E-state index in [4.69, 9.17) is 5.11 Å². The molecule has 0 saturated carbocycles. The van der Waals surface area contributed by atoms with Crippen molar-refractivity contribution in [2.24, 2.45) is 5.92 Å². The predicted molar refractivity (Wildman–Crippen MR) is 76.6 cm³/mol. The molecule has 1 aliphatic rings. The van der Waals surface area contributed by atoms with Crippen LogP contribution in [0.25, 0.3) is 0 Å². The number of nitrogens with one attached hydrogen (secondary N) is 1. The number of hydrogen-bond acceptors (Lipinski definition) is 3. The molecule has 1 heterocycles. The van der Waals surface area contributed by atoms with Crippen LogP contribution in [0.1, 0.15) is 29.8 Å². The van der Waals surface area contributed by atoms with E-state index in [0.717, 1.165) is 6.42 Å². The van der Waals surface area contributed by atoms with Crippen LogP contribution < -0.4 is 10.2 Å². The summed E-state index contributed by atoms with van der Waals surface area (Å²) >= 11 is 0. The van der Waals surface area contributed by atoms with Gasteiger partial charge in [0.1, 0.15) is 0 Å². The summed E-state index contributed by atoms with van der Waals surface area (Å²) in [5.74, 6) is 0.457. The molecule has 1 aromatic rings. The number of rotatable bonds is 3. The highest BCUT2D eigenvalue weighted by molar-refractivity contribution is 5.95. The van der Waals surface area contributed by atoms with Crippen LogP contribution in [0, 0.1) is 5.92 Å². The summed E-state index contributed by atoms with van der Waals surface area (Å²) in [6.45, 7) is 4.73. The summed E-state index contributed by atoms with van der Waals surface area (Å²) in [5.41, 5.74) is 3.11. The molecular formula is C15H22N2O2. The summed E-state index contributed by atoms with van der Waals surface area (Å²) < 4.78 is 0. The van der Waals surface area contributed by atoms with Crippen molar-refractivity contribution in [3.8, 4) is 0 Å². The van der Waals surface area contributed by atoms with Gasteiger partial charge in [-0.05, 0) is 43.0 Å². The molecule has 1 unspecified atom stereocenters. The topological polar surface area (TPSA) is 52.6 Å². The smallest absolute Gasteiger partial charge is 0.251 e. The first-order chi connectivity index (χ1) is 9.04. The molecule has 19 heavy (non-hydrogen) atoms. The summed E-state index contributed by atoms with van der Waals surface area (Å²) in [5, 5.41) is 11.4. The number of nitrogens with zero attached hydrogens (tertiary/aromatic N) is 1. The van der Waals surface area contributed by atoms with Crippen LogP contribution in [0.15, 0.2) is 18.2 Å². The van der Waals surface area contributed by atoms with Crippen molar-refractivity contribution in [2.75, 3.05) is 25.1 Å². The molecule has 0 aliphatic carbocycles. The highest BCUT2D eigenvalue weighted by atomic mass is 16.3. The minimum Gasteiger partial charge on any atom is -0.395 e. The van der Waals surface area contributed by atoms with Gasteiger partial charge in [0.2, 0.25) is 0 Å². The predicted octanol–water partition coefficient (Wildman–Crippen LogP) is 1.43. The zero-order chi connectivity index (χ0) is 14.0. The van der Waals surface area contributed by atoms with Crippen molar-refractivity contribution in [3.05, 3.63) is 29.3 Å². The summed E-state index contributed by atoms with van der Waals surface area (Å²) in [6.07, 6.45) is 1.00. The van der Waals surface area contributed by atoms with Gasteiger partial charge in [-0.2, -0.15) is 0 Å². The Morgan fingerprint density at radius 3 is 2.89 bits per heavy atom. The SMILES string of the molecule is CC1Cc2cc(C(=O)NCCO)ccc2N(C)[C@H]1C. The molecule has 4 nitrogen and oxygen atoms in total. The lowest BCUT2D eigenvalue weighted by atomic mass is 9.87. The van der Waals surface area contributed by atoms with Crippen LogP contribution in [0.4, 0.5) is 5.69 Å². The molecule has 0 aromatic heterocycles. The van der Waals surface area contributed by atoms with Gasteiger partial charge in [0, 0.05) is 30.9 Å². The fourth-order valence-electron chi connectivity index (χ4n) is 2.62. The second-order valence-corrected chi connectivity index (χ2v) is 5.36. The largest absolute Gasteiger partial charge is 0.395 e. The van der Waals surface area contributed by atoms with E-state index in [1.807, 2.05) is 18.2 Å². The molecule has 0 bridgehead atoms. The van der Waals surface area contributed by atoms with Crippen molar-refractivity contribution < 1.29 is 9.90 Å². The fraction of sp³-hybridized carbons (Fsp3) is 0.533. The third-order valence-electron chi connectivity index (χ3n) is 4.10. The Hall–Kier alpha value is -1.55. The Labute approximate surface area is 114 Å². The number of carbonyl (C=O) groups excluding carboxylic acids is 1. The third-order valence-corrected chi connectivity index (χ3v) is 4.10. The maximum Gasteiger partial charge on any atom is 0.251 e. The van der Waals surface area contributed by atoms with Gasteiger partial charge >= 0.3 is 0 Å². The quantitative estimate of drug-likeness (QED) is 0.866. The van der Waals surface area contributed by atoms with Gasteiger partial charge in [0.25, 0.3) is 5.91 Å². The van der Waals surface area contributed by atoms with Crippen LogP contribution in [-0.4, -0.2) is 37.3 Å². The molecular weight excluding hydrogens is 240 g/mol. The number of aliphatic hydroxyl groups is 1. The van der Waals surface area contributed by atoms with Gasteiger partial charge < -0.3 is 15.3 Å². The first-order valence-electron chi connectivity index (χ1n) is 6.79. The van der Waals surface area contributed by atoms with E-state index in [-0.39, 0.29) is 12.5 Å². The van der Waals surface area contributed by atoms with E-state index in [1.54, 1.807) is 0 Å². The molecule has 0 spiro atoms. The van der Waals surface area contributed by atoms with E-state index < -0.39 is 0 Å². The van der Waals surface area contributed by atoms with Gasteiger partial charge in [-0.15, -0.1) is 0 Å². The van der Waals surface area contributed by atoms with E-state index in [9.17, 15) is 4.79 Å². The molecule has 2 N–H and O–H groups in total. The number of anilines is 1. The Bertz CT molecular complexity index is 473. The molecule has 104 valence electrons. The Morgan fingerprint density at radius 2 is 2.21 bits per heavy atom. The lowest BCUT2D eigenvalue weighted by Crippen LogP contribution is -2.39. The van der Waals surface area contributed by atoms with Crippen LogP contribution in [-0.2, 0) is 6.42 Å². The lowest BCUT2D eigenvalue weighted by molar-refractivity contribution is 0.0944. The fourth-order valence-corrected chi connectivity index (χ4v) is 2.62. The van der Waals surface area contributed by atoms with Crippen LogP contribution in [0.3, 0.4) is 0 Å². The second-order valence-electron chi connectivity index (χ2n) is 5.36. The second kappa shape index (κ2) is 5.61. The van der Waals surface area contributed by atoms with Crippen molar-refractivity contribution in [1.29, 1.82) is 0 Å². The van der Waals surface area contributed by atoms with Gasteiger partial charge in [-0.1, -0.05) is 6.92 Å². The van der Waals surface area contributed by atoms with Gasteiger partial charge in [0.15, 0.2) is 0 Å². The van der Waals surface area contributed by atoms with Crippen LogP contribution in [0.2, 0.25) is 0 Å².